The summed E-state index contributed by atoms with van der Waals surface area (Å²) in [4.78, 5) is 11.9. The zero-order valence-corrected chi connectivity index (χ0v) is 13.1. The fourth-order valence-corrected chi connectivity index (χ4v) is 2.87. The van der Waals surface area contributed by atoms with Crippen molar-refractivity contribution < 1.29 is 0 Å². The molecule has 110 valence electrons. The molecule has 0 atom stereocenters. The summed E-state index contributed by atoms with van der Waals surface area (Å²) in [5.41, 5.74) is 2.47. The van der Waals surface area contributed by atoms with Crippen molar-refractivity contribution in [3.8, 4) is 6.07 Å². The second kappa shape index (κ2) is 6.69. The topological polar surface area (TPSA) is 77.4 Å². The fourth-order valence-electron chi connectivity index (χ4n) is 1.98. The molecular formula is C15H12ClN5S. The molecule has 0 saturated heterocycles. The minimum absolute atomic E-state index is 0.367. The average Bonchev–Trinajstić information content (AvgIpc) is 2.94. The van der Waals surface area contributed by atoms with Crippen LogP contribution >= 0.6 is 23.4 Å². The second-order valence-corrected chi connectivity index (χ2v) is 5.95. The highest BCUT2D eigenvalue weighted by Gasteiger charge is 2.05. The minimum atomic E-state index is 0.367. The van der Waals surface area contributed by atoms with Crippen LogP contribution in [0.4, 0.5) is 5.82 Å². The lowest BCUT2D eigenvalue weighted by atomic mass is 10.3. The van der Waals surface area contributed by atoms with Crippen LogP contribution in [-0.4, -0.2) is 27.2 Å². The summed E-state index contributed by atoms with van der Waals surface area (Å²) in [6.07, 6.45) is 0. The fraction of sp³-hybridized carbons (Fsp3) is 0.133. The quantitative estimate of drug-likeness (QED) is 0.424. The van der Waals surface area contributed by atoms with Crippen molar-refractivity contribution >= 4 is 40.2 Å². The Morgan fingerprint density at radius 3 is 2.91 bits per heavy atom. The van der Waals surface area contributed by atoms with E-state index < -0.39 is 0 Å². The first-order valence-electron chi connectivity index (χ1n) is 6.64. The summed E-state index contributed by atoms with van der Waals surface area (Å²) in [5.74, 6) is 1.30. The summed E-state index contributed by atoms with van der Waals surface area (Å²) in [5, 5.41) is 13.4. The molecule has 1 aromatic carbocycles. The standard InChI is InChI=1S/C15H12ClN5S/c16-13-6-5-10(9-17)14(21-13)18-7-8-22-15-19-11-3-1-2-4-12(11)20-15/h1-6H,7-8H2,(H,18,21)(H,19,20). The van der Waals surface area contributed by atoms with Gasteiger partial charge in [-0.15, -0.1) is 0 Å². The van der Waals surface area contributed by atoms with Crippen LogP contribution in [-0.2, 0) is 0 Å². The number of thioether (sulfide) groups is 1. The van der Waals surface area contributed by atoms with Crippen molar-refractivity contribution in [2.75, 3.05) is 17.6 Å². The van der Waals surface area contributed by atoms with Gasteiger partial charge in [-0.3, -0.25) is 0 Å². The van der Waals surface area contributed by atoms with Crippen LogP contribution in [0.3, 0.4) is 0 Å². The predicted molar refractivity (Wildman–Crippen MR) is 89.3 cm³/mol. The van der Waals surface area contributed by atoms with E-state index in [-0.39, 0.29) is 0 Å². The van der Waals surface area contributed by atoms with Crippen molar-refractivity contribution in [2.45, 2.75) is 5.16 Å². The molecule has 7 heteroatoms. The molecule has 2 aromatic heterocycles. The smallest absolute Gasteiger partial charge is 0.166 e. The number of hydrogen-bond donors (Lipinski definition) is 2. The van der Waals surface area contributed by atoms with Crippen LogP contribution in [0.1, 0.15) is 5.56 Å². The van der Waals surface area contributed by atoms with Crippen LogP contribution < -0.4 is 5.32 Å². The lowest BCUT2D eigenvalue weighted by Gasteiger charge is -2.06. The zero-order chi connectivity index (χ0) is 15.4. The van der Waals surface area contributed by atoms with E-state index in [0.717, 1.165) is 21.9 Å². The number of halogens is 1. The van der Waals surface area contributed by atoms with Crippen LogP contribution in [0.2, 0.25) is 5.15 Å². The Balaban J connectivity index is 1.57. The van der Waals surface area contributed by atoms with E-state index in [2.05, 4.69) is 26.3 Å². The van der Waals surface area contributed by atoms with Crippen LogP contribution in [0.15, 0.2) is 41.6 Å². The summed E-state index contributed by atoms with van der Waals surface area (Å²) in [6.45, 7) is 0.656. The molecule has 2 N–H and O–H groups in total. The van der Waals surface area contributed by atoms with Gasteiger partial charge in [0.05, 0.1) is 16.6 Å². The molecule has 3 aromatic rings. The van der Waals surface area contributed by atoms with Crippen molar-refractivity contribution in [3.63, 3.8) is 0 Å². The molecule has 0 fully saturated rings. The Morgan fingerprint density at radius 2 is 2.09 bits per heavy atom. The number of imidazole rings is 1. The first kappa shape index (κ1) is 14.7. The third-order valence-corrected chi connectivity index (χ3v) is 4.07. The molecule has 0 radical (unpaired) electrons. The monoisotopic (exact) mass is 329 g/mol. The normalized spacial score (nSPS) is 10.5. The number of rotatable bonds is 5. The van der Waals surface area contributed by atoms with Gasteiger partial charge >= 0.3 is 0 Å². The van der Waals surface area contributed by atoms with Gasteiger partial charge in [0.15, 0.2) is 5.16 Å². The first-order chi connectivity index (χ1) is 10.8. The van der Waals surface area contributed by atoms with Gasteiger partial charge in [-0.1, -0.05) is 35.5 Å². The van der Waals surface area contributed by atoms with Gasteiger partial charge in [0.2, 0.25) is 0 Å². The highest BCUT2D eigenvalue weighted by atomic mass is 35.5. The van der Waals surface area contributed by atoms with E-state index >= 15 is 0 Å². The molecule has 2 heterocycles. The summed E-state index contributed by atoms with van der Waals surface area (Å²) < 4.78 is 0. The van der Waals surface area contributed by atoms with Crippen LogP contribution in [0, 0.1) is 11.3 Å². The van der Waals surface area contributed by atoms with Gasteiger partial charge in [0.1, 0.15) is 17.0 Å². The number of para-hydroxylation sites is 2. The van der Waals surface area contributed by atoms with E-state index in [1.807, 2.05) is 24.3 Å². The van der Waals surface area contributed by atoms with Gasteiger partial charge in [-0.05, 0) is 24.3 Å². The molecule has 0 amide bonds. The number of hydrogen-bond acceptors (Lipinski definition) is 5. The number of benzene rings is 1. The molecular weight excluding hydrogens is 318 g/mol. The van der Waals surface area contributed by atoms with Crippen LogP contribution in [0.5, 0.6) is 0 Å². The number of fused-ring (bicyclic) bond motifs is 1. The molecule has 0 saturated carbocycles. The van der Waals surface area contributed by atoms with Gasteiger partial charge in [0.25, 0.3) is 0 Å². The number of pyridine rings is 1. The molecule has 0 aliphatic rings. The predicted octanol–water partition coefficient (Wildman–Crippen LogP) is 3.69. The first-order valence-corrected chi connectivity index (χ1v) is 8.00. The molecule has 0 aliphatic carbocycles. The number of anilines is 1. The van der Waals surface area contributed by atoms with E-state index in [9.17, 15) is 0 Å². The maximum atomic E-state index is 9.03. The molecule has 0 unspecified atom stereocenters. The summed E-state index contributed by atoms with van der Waals surface area (Å²) in [7, 11) is 0. The SMILES string of the molecule is N#Cc1ccc(Cl)nc1NCCSc1nc2ccccc2[nH]1. The number of nitrogens with zero attached hydrogens (tertiary/aromatic N) is 3. The van der Waals surface area contributed by atoms with E-state index in [0.29, 0.717) is 23.1 Å². The summed E-state index contributed by atoms with van der Waals surface area (Å²) >= 11 is 7.46. The lowest BCUT2D eigenvalue weighted by Crippen LogP contribution is -2.07. The molecule has 5 nitrogen and oxygen atoms in total. The molecule has 0 aliphatic heterocycles. The van der Waals surface area contributed by atoms with Gasteiger partial charge in [-0.2, -0.15) is 5.26 Å². The summed E-state index contributed by atoms with van der Waals surface area (Å²) in [6, 6.07) is 13.3. The Labute approximate surface area is 136 Å². The number of aromatic nitrogens is 3. The van der Waals surface area contributed by atoms with Crippen molar-refractivity contribution in [3.05, 3.63) is 47.1 Å². The lowest BCUT2D eigenvalue weighted by molar-refractivity contribution is 1.07. The number of aromatic amines is 1. The minimum Gasteiger partial charge on any atom is -0.368 e. The third-order valence-electron chi connectivity index (χ3n) is 2.98. The van der Waals surface area contributed by atoms with Gasteiger partial charge in [0, 0.05) is 12.3 Å². The van der Waals surface area contributed by atoms with E-state index in [1.54, 1.807) is 23.9 Å². The molecule has 0 bridgehead atoms. The van der Waals surface area contributed by atoms with Crippen LogP contribution in [0.25, 0.3) is 11.0 Å². The third kappa shape index (κ3) is 3.32. The zero-order valence-electron chi connectivity index (χ0n) is 11.5. The highest BCUT2D eigenvalue weighted by molar-refractivity contribution is 7.99. The highest BCUT2D eigenvalue weighted by Crippen LogP contribution is 2.20. The maximum absolute atomic E-state index is 9.03. The maximum Gasteiger partial charge on any atom is 0.166 e. The molecule has 3 rings (SSSR count). The average molecular weight is 330 g/mol. The van der Waals surface area contributed by atoms with Gasteiger partial charge < -0.3 is 10.3 Å². The number of H-pyrrole nitrogens is 1. The Kier molecular flexibility index (Phi) is 4.47. The Morgan fingerprint density at radius 1 is 1.23 bits per heavy atom. The molecule has 0 spiro atoms. The second-order valence-electron chi connectivity index (χ2n) is 4.48. The number of nitriles is 1. The molecule has 22 heavy (non-hydrogen) atoms. The Bertz CT molecular complexity index is 806. The van der Waals surface area contributed by atoms with Gasteiger partial charge in [-0.25, -0.2) is 9.97 Å². The Hall–Kier alpha value is -2.23. The largest absolute Gasteiger partial charge is 0.368 e. The van der Waals surface area contributed by atoms with E-state index in [1.165, 1.54) is 0 Å². The van der Waals surface area contributed by atoms with E-state index in [4.69, 9.17) is 16.9 Å². The van der Waals surface area contributed by atoms with Crippen molar-refractivity contribution in [1.82, 2.24) is 15.0 Å². The van der Waals surface area contributed by atoms with Crippen molar-refractivity contribution in [1.29, 1.82) is 5.26 Å². The number of nitrogens with one attached hydrogen (secondary N) is 2. The van der Waals surface area contributed by atoms with Crippen molar-refractivity contribution in [2.24, 2.45) is 0 Å².